The van der Waals surface area contributed by atoms with E-state index in [1.807, 2.05) is 29.6 Å². The van der Waals surface area contributed by atoms with Crippen molar-refractivity contribution in [3.63, 3.8) is 0 Å². The van der Waals surface area contributed by atoms with Crippen LogP contribution in [0.25, 0.3) is 21.3 Å². The van der Waals surface area contributed by atoms with Crippen LogP contribution < -0.4 is 10.3 Å². The van der Waals surface area contributed by atoms with E-state index in [0.717, 1.165) is 27.5 Å². The molecule has 27 heavy (non-hydrogen) atoms. The topological polar surface area (TPSA) is 58.2 Å². The van der Waals surface area contributed by atoms with E-state index < -0.39 is 0 Å². The van der Waals surface area contributed by atoms with Crippen LogP contribution in [-0.2, 0) is 6.54 Å². The third kappa shape index (κ3) is 3.64. The number of hydrogen-bond donors (Lipinski definition) is 1. The van der Waals surface area contributed by atoms with Crippen molar-refractivity contribution >= 4 is 21.6 Å². The van der Waals surface area contributed by atoms with Gasteiger partial charge in [0.25, 0.3) is 5.56 Å². The minimum Gasteiger partial charge on any atom is -0.496 e. The quantitative estimate of drug-likeness (QED) is 0.708. The van der Waals surface area contributed by atoms with Gasteiger partial charge in [-0.05, 0) is 26.0 Å². The van der Waals surface area contributed by atoms with E-state index in [1.165, 1.54) is 43.4 Å². The number of fused-ring (bicyclic) bond motifs is 1. The number of hydrogen-bond acceptors (Lipinski definition) is 5. The number of aromatic amines is 1. The van der Waals surface area contributed by atoms with Gasteiger partial charge < -0.3 is 9.72 Å². The highest BCUT2D eigenvalue weighted by Gasteiger charge is 2.20. The molecule has 0 atom stereocenters. The van der Waals surface area contributed by atoms with Crippen molar-refractivity contribution in [3.8, 4) is 16.9 Å². The highest BCUT2D eigenvalue weighted by molar-refractivity contribution is 7.17. The molecule has 2 heterocycles. The summed E-state index contributed by atoms with van der Waals surface area (Å²) in [6.45, 7) is 0.678. The van der Waals surface area contributed by atoms with Gasteiger partial charge in [-0.15, -0.1) is 11.3 Å². The van der Waals surface area contributed by atoms with Crippen molar-refractivity contribution in [1.82, 2.24) is 14.9 Å². The van der Waals surface area contributed by atoms with Crippen LogP contribution in [0.5, 0.6) is 5.75 Å². The summed E-state index contributed by atoms with van der Waals surface area (Å²) in [7, 11) is 3.78. The standard InChI is InChI=1S/C21H25N3O2S/c1-24(14-8-4-3-5-9-14)12-18-22-20(25)19-16(13-27-21(19)23-18)15-10-6-7-11-17(15)26-2/h6-7,10-11,13-14H,3-5,8-9,12H2,1-2H3,(H,22,23,25). The molecule has 5 nitrogen and oxygen atoms in total. The molecule has 142 valence electrons. The number of benzene rings is 1. The Balaban J connectivity index is 1.66. The van der Waals surface area contributed by atoms with Gasteiger partial charge in [0.05, 0.1) is 19.0 Å². The first-order valence-corrected chi connectivity index (χ1v) is 10.4. The van der Waals surface area contributed by atoms with Crippen molar-refractivity contribution in [3.05, 3.63) is 45.8 Å². The molecular weight excluding hydrogens is 358 g/mol. The van der Waals surface area contributed by atoms with Crippen molar-refractivity contribution in [2.75, 3.05) is 14.2 Å². The lowest BCUT2D eigenvalue weighted by atomic mass is 9.94. The van der Waals surface area contributed by atoms with E-state index in [0.29, 0.717) is 18.0 Å². The molecule has 4 rings (SSSR count). The first-order valence-electron chi connectivity index (χ1n) is 9.51. The van der Waals surface area contributed by atoms with Crippen LogP contribution in [0.1, 0.15) is 37.9 Å². The average Bonchev–Trinajstić information content (AvgIpc) is 3.13. The summed E-state index contributed by atoms with van der Waals surface area (Å²) in [6, 6.07) is 8.36. The van der Waals surface area contributed by atoms with E-state index >= 15 is 0 Å². The lowest BCUT2D eigenvalue weighted by Crippen LogP contribution is -2.34. The van der Waals surface area contributed by atoms with E-state index in [9.17, 15) is 4.79 Å². The highest BCUT2D eigenvalue weighted by Crippen LogP contribution is 2.36. The van der Waals surface area contributed by atoms with Gasteiger partial charge >= 0.3 is 0 Å². The first-order chi connectivity index (χ1) is 13.2. The number of ether oxygens (including phenoxy) is 1. The second-order valence-electron chi connectivity index (χ2n) is 7.25. The Morgan fingerprint density at radius 1 is 1.22 bits per heavy atom. The molecule has 1 saturated carbocycles. The van der Waals surface area contributed by atoms with E-state index in [1.54, 1.807) is 7.11 Å². The summed E-state index contributed by atoms with van der Waals surface area (Å²) < 4.78 is 5.47. The molecule has 1 aliphatic carbocycles. The monoisotopic (exact) mass is 383 g/mol. The number of thiophene rings is 1. The van der Waals surface area contributed by atoms with E-state index in [4.69, 9.17) is 9.72 Å². The summed E-state index contributed by atoms with van der Waals surface area (Å²) >= 11 is 1.51. The Morgan fingerprint density at radius 2 is 2.00 bits per heavy atom. The number of para-hydroxylation sites is 1. The third-order valence-corrected chi connectivity index (χ3v) is 6.36. The molecule has 0 radical (unpaired) electrons. The maximum atomic E-state index is 12.9. The number of nitrogens with zero attached hydrogens (tertiary/aromatic N) is 2. The second-order valence-corrected chi connectivity index (χ2v) is 8.11. The molecule has 1 fully saturated rings. The van der Waals surface area contributed by atoms with Crippen LogP contribution in [-0.4, -0.2) is 35.1 Å². The Labute approximate surface area is 163 Å². The fraction of sp³-hybridized carbons (Fsp3) is 0.429. The smallest absolute Gasteiger partial charge is 0.260 e. The van der Waals surface area contributed by atoms with Crippen LogP contribution in [0.3, 0.4) is 0 Å². The predicted molar refractivity (Wildman–Crippen MR) is 111 cm³/mol. The van der Waals surface area contributed by atoms with Crippen LogP contribution in [0.15, 0.2) is 34.4 Å². The van der Waals surface area contributed by atoms with E-state index in [2.05, 4.69) is 16.9 Å². The third-order valence-electron chi connectivity index (χ3n) is 5.49. The summed E-state index contributed by atoms with van der Waals surface area (Å²) in [5.74, 6) is 1.51. The fourth-order valence-corrected chi connectivity index (χ4v) is 4.98. The molecule has 3 aromatic rings. The van der Waals surface area contributed by atoms with Gasteiger partial charge in [-0.25, -0.2) is 4.98 Å². The van der Waals surface area contributed by atoms with Crippen LogP contribution in [0.4, 0.5) is 0 Å². The van der Waals surface area contributed by atoms with Gasteiger partial charge in [0, 0.05) is 22.5 Å². The molecule has 0 unspecified atom stereocenters. The van der Waals surface area contributed by atoms with Gasteiger partial charge in [-0.1, -0.05) is 37.5 Å². The lowest BCUT2D eigenvalue weighted by molar-refractivity contribution is 0.181. The minimum absolute atomic E-state index is 0.0748. The van der Waals surface area contributed by atoms with Gasteiger partial charge in [0.1, 0.15) is 16.4 Å². The minimum atomic E-state index is -0.0748. The lowest BCUT2D eigenvalue weighted by Gasteiger charge is -2.30. The van der Waals surface area contributed by atoms with Crippen LogP contribution in [0.2, 0.25) is 0 Å². The number of H-pyrrole nitrogens is 1. The number of nitrogens with one attached hydrogen (secondary N) is 1. The fourth-order valence-electron chi connectivity index (χ4n) is 4.02. The zero-order chi connectivity index (χ0) is 18.8. The number of methoxy groups -OCH3 is 1. The van der Waals surface area contributed by atoms with Crippen molar-refractivity contribution in [2.24, 2.45) is 0 Å². The number of aromatic nitrogens is 2. The normalized spacial score (nSPS) is 15.5. The molecule has 6 heteroatoms. The molecule has 0 spiro atoms. The Bertz CT molecular complexity index is 989. The largest absolute Gasteiger partial charge is 0.496 e. The van der Waals surface area contributed by atoms with Crippen molar-refractivity contribution in [1.29, 1.82) is 0 Å². The molecule has 1 aromatic carbocycles. The highest BCUT2D eigenvalue weighted by atomic mass is 32.1. The molecular formula is C21H25N3O2S. The summed E-state index contributed by atoms with van der Waals surface area (Å²) in [5, 5.41) is 2.65. The Kier molecular flexibility index (Phi) is 5.27. The molecule has 2 aromatic heterocycles. The molecule has 0 amide bonds. The van der Waals surface area contributed by atoms with Gasteiger partial charge in [-0.3, -0.25) is 9.69 Å². The van der Waals surface area contributed by atoms with Crippen LogP contribution in [0, 0.1) is 0 Å². The maximum Gasteiger partial charge on any atom is 0.260 e. The second kappa shape index (κ2) is 7.82. The van der Waals surface area contributed by atoms with Gasteiger partial charge in [-0.2, -0.15) is 0 Å². The summed E-state index contributed by atoms with van der Waals surface area (Å²) in [4.78, 5) is 23.7. The molecule has 1 aliphatic rings. The molecule has 0 aliphatic heterocycles. The van der Waals surface area contributed by atoms with Crippen molar-refractivity contribution in [2.45, 2.75) is 44.7 Å². The zero-order valence-corrected chi connectivity index (χ0v) is 16.6. The van der Waals surface area contributed by atoms with Gasteiger partial charge in [0.2, 0.25) is 0 Å². The Hall–Kier alpha value is -2.18. The molecule has 0 saturated heterocycles. The predicted octanol–water partition coefficient (Wildman–Crippen LogP) is 4.42. The SMILES string of the molecule is COc1ccccc1-c1csc2nc(CN(C)C3CCCCC3)[nH]c(=O)c12. The van der Waals surface area contributed by atoms with Crippen LogP contribution >= 0.6 is 11.3 Å². The van der Waals surface area contributed by atoms with Crippen molar-refractivity contribution < 1.29 is 4.74 Å². The average molecular weight is 384 g/mol. The van der Waals surface area contributed by atoms with E-state index in [-0.39, 0.29) is 5.56 Å². The first kappa shape index (κ1) is 18.2. The van der Waals surface area contributed by atoms with Gasteiger partial charge in [0.15, 0.2) is 0 Å². The molecule has 1 N–H and O–H groups in total. The molecule has 0 bridgehead atoms. The Morgan fingerprint density at radius 3 is 2.78 bits per heavy atom. The number of rotatable bonds is 5. The summed E-state index contributed by atoms with van der Waals surface area (Å²) in [5.41, 5.74) is 1.73. The summed E-state index contributed by atoms with van der Waals surface area (Å²) in [6.07, 6.45) is 6.41. The maximum absolute atomic E-state index is 12.9. The zero-order valence-electron chi connectivity index (χ0n) is 15.8.